The fraction of sp³-hybridized carbons (Fsp3) is 0.0588. The van der Waals surface area contributed by atoms with E-state index in [0.717, 1.165) is 11.3 Å². The molecule has 3 aromatic rings. The van der Waals surface area contributed by atoms with Crippen molar-refractivity contribution in [3.8, 4) is 22.8 Å². The zero-order chi connectivity index (χ0) is 15.6. The number of carbonyl (C=O) groups excluding carboxylic acids is 1. The van der Waals surface area contributed by atoms with Gasteiger partial charge in [0.1, 0.15) is 5.00 Å². The SMILES string of the molecule is O=C(Nc1cc(-c2ccccc2)ns1)c1ccc2c(c1)OCO2. The molecule has 2 heterocycles. The van der Waals surface area contributed by atoms with E-state index in [4.69, 9.17) is 9.47 Å². The molecule has 23 heavy (non-hydrogen) atoms. The van der Waals surface area contributed by atoms with Gasteiger partial charge in [-0.05, 0) is 29.7 Å². The van der Waals surface area contributed by atoms with Crippen LogP contribution in [0.4, 0.5) is 5.00 Å². The first-order valence-corrected chi connectivity index (χ1v) is 7.80. The smallest absolute Gasteiger partial charge is 0.256 e. The number of hydrogen-bond acceptors (Lipinski definition) is 5. The lowest BCUT2D eigenvalue weighted by molar-refractivity contribution is 0.102. The number of anilines is 1. The zero-order valence-electron chi connectivity index (χ0n) is 12.0. The molecule has 114 valence electrons. The number of rotatable bonds is 3. The Hall–Kier alpha value is -2.86. The van der Waals surface area contributed by atoms with Gasteiger partial charge in [-0.2, -0.15) is 4.37 Å². The molecule has 0 unspecified atom stereocenters. The minimum absolute atomic E-state index is 0.190. The average Bonchev–Trinajstić information content (AvgIpc) is 3.24. The number of fused-ring (bicyclic) bond motifs is 1. The van der Waals surface area contributed by atoms with Gasteiger partial charge in [0.2, 0.25) is 6.79 Å². The van der Waals surface area contributed by atoms with Crippen molar-refractivity contribution in [1.82, 2.24) is 4.37 Å². The third-order valence-corrected chi connectivity index (χ3v) is 4.16. The Bertz CT molecular complexity index is 861. The number of ether oxygens (including phenoxy) is 2. The molecule has 0 saturated carbocycles. The molecule has 1 aromatic heterocycles. The molecule has 0 fully saturated rings. The van der Waals surface area contributed by atoms with Gasteiger partial charge >= 0.3 is 0 Å². The molecule has 0 spiro atoms. The molecule has 0 atom stereocenters. The molecule has 6 heteroatoms. The van der Waals surface area contributed by atoms with Crippen LogP contribution in [0.25, 0.3) is 11.3 Å². The predicted molar refractivity (Wildman–Crippen MR) is 88.1 cm³/mol. The quantitative estimate of drug-likeness (QED) is 0.796. The van der Waals surface area contributed by atoms with Crippen molar-refractivity contribution in [2.45, 2.75) is 0 Å². The van der Waals surface area contributed by atoms with Gasteiger partial charge < -0.3 is 14.8 Å². The maximum Gasteiger partial charge on any atom is 0.256 e. The number of amides is 1. The fourth-order valence-electron chi connectivity index (χ4n) is 2.30. The second-order valence-electron chi connectivity index (χ2n) is 4.96. The first-order valence-electron chi connectivity index (χ1n) is 7.03. The molecule has 5 nitrogen and oxygen atoms in total. The summed E-state index contributed by atoms with van der Waals surface area (Å²) in [7, 11) is 0. The minimum atomic E-state index is -0.202. The Labute approximate surface area is 136 Å². The fourth-order valence-corrected chi connectivity index (χ4v) is 2.96. The second kappa shape index (κ2) is 5.73. The number of nitrogens with one attached hydrogen (secondary N) is 1. The Morgan fingerprint density at radius 3 is 2.74 bits per heavy atom. The van der Waals surface area contributed by atoms with E-state index in [0.29, 0.717) is 22.1 Å². The van der Waals surface area contributed by atoms with Crippen LogP contribution in [0, 0.1) is 0 Å². The Morgan fingerprint density at radius 2 is 1.87 bits per heavy atom. The lowest BCUT2D eigenvalue weighted by Crippen LogP contribution is -2.10. The summed E-state index contributed by atoms with van der Waals surface area (Å²) in [5.41, 5.74) is 2.38. The van der Waals surface area contributed by atoms with E-state index >= 15 is 0 Å². The van der Waals surface area contributed by atoms with E-state index in [9.17, 15) is 4.79 Å². The summed E-state index contributed by atoms with van der Waals surface area (Å²) in [5, 5.41) is 3.56. The predicted octanol–water partition coefficient (Wildman–Crippen LogP) is 3.79. The number of nitrogens with zero attached hydrogens (tertiary/aromatic N) is 1. The van der Waals surface area contributed by atoms with Crippen molar-refractivity contribution in [1.29, 1.82) is 0 Å². The van der Waals surface area contributed by atoms with E-state index < -0.39 is 0 Å². The van der Waals surface area contributed by atoms with Gasteiger partial charge in [-0.1, -0.05) is 30.3 Å². The first-order chi connectivity index (χ1) is 11.3. The van der Waals surface area contributed by atoms with Crippen LogP contribution in [0.15, 0.2) is 54.6 Å². The molecule has 0 saturated heterocycles. The molecular formula is C17H12N2O3S. The number of carbonyl (C=O) groups is 1. The lowest BCUT2D eigenvalue weighted by atomic mass is 10.1. The van der Waals surface area contributed by atoms with E-state index in [1.807, 2.05) is 36.4 Å². The van der Waals surface area contributed by atoms with Gasteiger partial charge in [-0.15, -0.1) is 0 Å². The van der Waals surface area contributed by atoms with Gasteiger partial charge in [-0.3, -0.25) is 4.79 Å². The summed E-state index contributed by atoms with van der Waals surface area (Å²) in [4.78, 5) is 12.3. The van der Waals surface area contributed by atoms with Crippen molar-refractivity contribution < 1.29 is 14.3 Å². The molecule has 0 bridgehead atoms. The molecule has 2 aromatic carbocycles. The minimum Gasteiger partial charge on any atom is -0.454 e. The van der Waals surface area contributed by atoms with Crippen LogP contribution >= 0.6 is 11.5 Å². The summed E-state index contributed by atoms with van der Waals surface area (Å²) >= 11 is 1.25. The van der Waals surface area contributed by atoms with E-state index in [-0.39, 0.29) is 12.7 Å². The summed E-state index contributed by atoms with van der Waals surface area (Å²) in [5.74, 6) is 1.05. The maximum atomic E-state index is 12.3. The molecule has 1 aliphatic rings. The van der Waals surface area contributed by atoms with E-state index in [1.54, 1.807) is 18.2 Å². The highest BCUT2D eigenvalue weighted by atomic mass is 32.1. The normalized spacial score (nSPS) is 12.2. The van der Waals surface area contributed by atoms with E-state index in [2.05, 4.69) is 9.69 Å². The van der Waals surface area contributed by atoms with Crippen molar-refractivity contribution in [2.75, 3.05) is 12.1 Å². The summed E-state index contributed by atoms with van der Waals surface area (Å²) in [6.45, 7) is 0.190. The van der Waals surface area contributed by atoms with Crippen LogP contribution in [-0.4, -0.2) is 17.1 Å². The van der Waals surface area contributed by atoms with Crippen LogP contribution < -0.4 is 14.8 Å². The van der Waals surface area contributed by atoms with Gasteiger partial charge in [0.05, 0.1) is 5.69 Å². The maximum absolute atomic E-state index is 12.3. The van der Waals surface area contributed by atoms with Crippen LogP contribution in [0.3, 0.4) is 0 Å². The zero-order valence-corrected chi connectivity index (χ0v) is 12.8. The number of hydrogen-bond donors (Lipinski definition) is 1. The van der Waals surface area contributed by atoms with E-state index in [1.165, 1.54) is 11.5 Å². The molecule has 0 aliphatic carbocycles. The summed E-state index contributed by atoms with van der Waals surface area (Å²) in [6.07, 6.45) is 0. The standard InChI is InChI=1S/C17H12N2O3S/c20-17(12-6-7-14-15(8-12)22-10-21-14)18-16-9-13(19-23-16)11-4-2-1-3-5-11/h1-9H,10H2,(H,18,20). The van der Waals surface area contributed by atoms with Crippen LogP contribution in [0.5, 0.6) is 11.5 Å². The van der Waals surface area contributed by atoms with Crippen LogP contribution in [0.2, 0.25) is 0 Å². The van der Waals surface area contributed by atoms with Gasteiger partial charge in [0.15, 0.2) is 11.5 Å². The third-order valence-electron chi connectivity index (χ3n) is 3.45. The molecule has 1 aliphatic heterocycles. The molecule has 1 N–H and O–H groups in total. The number of aromatic nitrogens is 1. The Morgan fingerprint density at radius 1 is 1.04 bits per heavy atom. The van der Waals surface area contributed by atoms with Crippen molar-refractivity contribution in [2.24, 2.45) is 0 Å². The highest BCUT2D eigenvalue weighted by molar-refractivity contribution is 7.10. The average molecular weight is 324 g/mol. The highest BCUT2D eigenvalue weighted by Crippen LogP contribution is 2.33. The van der Waals surface area contributed by atoms with Gasteiger partial charge in [0.25, 0.3) is 5.91 Å². The molecule has 1 amide bonds. The Kier molecular flexibility index (Phi) is 3.44. The van der Waals surface area contributed by atoms with Crippen molar-refractivity contribution in [3.63, 3.8) is 0 Å². The second-order valence-corrected chi connectivity index (χ2v) is 5.77. The molecule has 0 radical (unpaired) electrons. The Balaban J connectivity index is 1.52. The number of benzene rings is 2. The topological polar surface area (TPSA) is 60.5 Å². The van der Waals surface area contributed by atoms with Gasteiger partial charge in [0, 0.05) is 17.2 Å². The van der Waals surface area contributed by atoms with Crippen molar-refractivity contribution in [3.05, 3.63) is 60.2 Å². The van der Waals surface area contributed by atoms with Gasteiger partial charge in [-0.25, -0.2) is 0 Å². The molecule has 4 rings (SSSR count). The van der Waals surface area contributed by atoms with Crippen LogP contribution in [0.1, 0.15) is 10.4 Å². The lowest BCUT2D eigenvalue weighted by Gasteiger charge is -2.03. The largest absolute Gasteiger partial charge is 0.454 e. The molecular weight excluding hydrogens is 312 g/mol. The summed E-state index contributed by atoms with van der Waals surface area (Å²) in [6, 6.07) is 16.8. The first kappa shape index (κ1) is 13.8. The van der Waals surface area contributed by atoms with Crippen LogP contribution in [-0.2, 0) is 0 Å². The third kappa shape index (κ3) is 2.76. The highest BCUT2D eigenvalue weighted by Gasteiger charge is 2.17. The monoisotopic (exact) mass is 324 g/mol. The van der Waals surface area contributed by atoms with Crippen molar-refractivity contribution >= 4 is 22.4 Å². The summed E-state index contributed by atoms with van der Waals surface area (Å²) < 4.78 is 14.9.